The molecule has 0 radical (unpaired) electrons. The van der Waals surface area contributed by atoms with E-state index >= 15 is 0 Å². The number of rotatable bonds is 3. The average Bonchev–Trinajstić information content (AvgIpc) is 3.24. The molecule has 0 bridgehead atoms. The zero-order valence-corrected chi connectivity index (χ0v) is 19.6. The van der Waals surface area contributed by atoms with Gasteiger partial charge in [0.1, 0.15) is 23.9 Å². The molecule has 4 rings (SSSR count). The average molecular weight is 469 g/mol. The molecule has 0 unspecified atom stereocenters. The van der Waals surface area contributed by atoms with E-state index in [1.54, 1.807) is 57.2 Å². The maximum Gasteiger partial charge on any atom is 0.416 e. The SMILES string of the molecule is COC(=O)[C@H]1C[C@]2(O)c3ccccc3N(C(=O)OC(C)(C)C)[C@@H]2N1C(=O)OCc1ccccc1. The smallest absolute Gasteiger partial charge is 0.416 e. The molecule has 2 aliphatic heterocycles. The second-order valence-corrected chi connectivity index (χ2v) is 9.36. The van der Waals surface area contributed by atoms with Gasteiger partial charge < -0.3 is 19.3 Å². The third-order valence-corrected chi connectivity index (χ3v) is 5.88. The van der Waals surface area contributed by atoms with Crippen molar-refractivity contribution in [2.75, 3.05) is 12.0 Å². The van der Waals surface area contributed by atoms with Crippen LogP contribution >= 0.6 is 0 Å². The van der Waals surface area contributed by atoms with Crippen LogP contribution in [0.15, 0.2) is 54.6 Å². The largest absolute Gasteiger partial charge is 0.467 e. The third kappa shape index (κ3) is 4.07. The summed E-state index contributed by atoms with van der Waals surface area (Å²) in [5, 5.41) is 11.8. The number of carbonyl (C=O) groups is 3. The Bertz CT molecular complexity index is 1100. The second-order valence-electron chi connectivity index (χ2n) is 9.36. The highest BCUT2D eigenvalue weighted by atomic mass is 16.6. The lowest BCUT2D eigenvalue weighted by Gasteiger charge is -2.35. The van der Waals surface area contributed by atoms with Crippen molar-refractivity contribution in [2.45, 2.75) is 57.2 Å². The van der Waals surface area contributed by atoms with Gasteiger partial charge in [-0.1, -0.05) is 48.5 Å². The Balaban J connectivity index is 1.75. The minimum atomic E-state index is -1.72. The van der Waals surface area contributed by atoms with E-state index in [0.29, 0.717) is 11.3 Å². The van der Waals surface area contributed by atoms with Crippen molar-refractivity contribution in [3.8, 4) is 0 Å². The molecule has 2 aromatic rings. The molecule has 0 aromatic heterocycles. The molecule has 2 aliphatic rings. The van der Waals surface area contributed by atoms with E-state index in [1.165, 1.54) is 12.0 Å². The molecule has 0 spiro atoms. The lowest BCUT2D eigenvalue weighted by molar-refractivity contribution is -0.145. The predicted octanol–water partition coefficient (Wildman–Crippen LogP) is 3.54. The molecule has 9 nitrogen and oxygen atoms in total. The normalized spacial score (nSPS) is 23.2. The Hall–Kier alpha value is -3.59. The van der Waals surface area contributed by atoms with Gasteiger partial charge >= 0.3 is 18.2 Å². The summed E-state index contributed by atoms with van der Waals surface area (Å²) in [4.78, 5) is 41.6. The molecule has 2 aromatic carbocycles. The first-order chi connectivity index (χ1) is 16.1. The van der Waals surface area contributed by atoms with Crippen LogP contribution < -0.4 is 4.90 Å². The molecule has 180 valence electrons. The summed E-state index contributed by atoms with van der Waals surface area (Å²) in [5.41, 5.74) is -0.991. The highest BCUT2D eigenvalue weighted by Crippen LogP contribution is 2.53. The summed E-state index contributed by atoms with van der Waals surface area (Å²) < 4.78 is 16.0. The van der Waals surface area contributed by atoms with Crippen LogP contribution in [0.3, 0.4) is 0 Å². The molecule has 1 saturated heterocycles. The third-order valence-electron chi connectivity index (χ3n) is 5.88. The molecule has 0 saturated carbocycles. The molecule has 2 amide bonds. The number of esters is 1. The summed E-state index contributed by atoms with van der Waals surface area (Å²) in [6.45, 7) is 5.11. The number of aliphatic hydroxyl groups is 1. The van der Waals surface area contributed by atoms with Gasteiger partial charge in [-0.3, -0.25) is 9.80 Å². The Morgan fingerprint density at radius 1 is 1.03 bits per heavy atom. The number of para-hydroxylation sites is 1. The number of likely N-dealkylation sites (tertiary alicyclic amines) is 1. The van der Waals surface area contributed by atoms with E-state index in [0.717, 1.165) is 10.5 Å². The topological polar surface area (TPSA) is 106 Å². The fourth-order valence-corrected chi connectivity index (χ4v) is 4.53. The van der Waals surface area contributed by atoms with E-state index in [-0.39, 0.29) is 13.0 Å². The molecule has 2 heterocycles. The summed E-state index contributed by atoms with van der Waals surface area (Å²) in [7, 11) is 1.20. The van der Waals surface area contributed by atoms with Gasteiger partial charge in [-0.05, 0) is 32.4 Å². The second kappa shape index (κ2) is 8.64. The molecule has 9 heteroatoms. The first kappa shape index (κ1) is 23.6. The van der Waals surface area contributed by atoms with Gasteiger partial charge in [0.15, 0.2) is 6.17 Å². The van der Waals surface area contributed by atoms with Crippen LogP contribution in [0, 0.1) is 0 Å². The van der Waals surface area contributed by atoms with Crippen LogP contribution in [0.25, 0.3) is 0 Å². The van der Waals surface area contributed by atoms with Crippen molar-refractivity contribution in [2.24, 2.45) is 0 Å². The minimum Gasteiger partial charge on any atom is -0.467 e. The van der Waals surface area contributed by atoms with Crippen LogP contribution in [0.2, 0.25) is 0 Å². The van der Waals surface area contributed by atoms with E-state index in [1.807, 2.05) is 18.2 Å². The standard InChI is InChI=1S/C25H28N2O7/c1-24(2,3)34-23(30)26-18-13-9-8-12-17(18)25(31)14-19(20(28)32-4)27(21(25)26)22(29)33-15-16-10-6-5-7-11-16/h5-13,19,21,31H,14-15H2,1-4H3/t19-,21-,25+/m1/s1. The van der Waals surface area contributed by atoms with Crippen LogP contribution in [-0.2, 0) is 31.2 Å². The van der Waals surface area contributed by atoms with Gasteiger partial charge in [-0.15, -0.1) is 0 Å². The summed E-state index contributed by atoms with van der Waals surface area (Å²) in [6, 6.07) is 14.7. The molecule has 1 N–H and O–H groups in total. The van der Waals surface area contributed by atoms with Gasteiger partial charge in [0.25, 0.3) is 0 Å². The summed E-state index contributed by atoms with van der Waals surface area (Å²) in [5.74, 6) is -0.721. The highest BCUT2D eigenvalue weighted by molar-refractivity contribution is 5.95. The Kier molecular flexibility index (Phi) is 5.99. The Morgan fingerprint density at radius 3 is 2.32 bits per heavy atom. The van der Waals surface area contributed by atoms with Crippen molar-refractivity contribution in [3.63, 3.8) is 0 Å². The maximum absolute atomic E-state index is 13.3. The Labute approximate surface area is 197 Å². The van der Waals surface area contributed by atoms with E-state index < -0.39 is 41.6 Å². The van der Waals surface area contributed by atoms with Crippen LogP contribution in [0.4, 0.5) is 15.3 Å². The van der Waals surface area contributed by atoms with Gasteiger partial charge in [-0.25, -0.2) is 14.4 Å². The summed E-state index contributed by atoms with van der Waals surface area (Å²) >= 11 is 0. The molecular formula is C25H28N2O7. The number of amides is 2. The zero-order chi connectivity index (χ0) is 24.7. The highest BCUT2D eigenvalue weighted by Gasteiger charge is 2.65. The van der Waals surface area contributed by atoms with Crippen LogP contribution in [0.5, 0.6) is 0 Å². The molecule has 0 aliphatic carbocycles. The minimum absolute atomic E-state index is 0.0470. The number of hydrogen-bond acceptors (Lipinski definition) is 7. The van der Waals surface area contributed by atoms with Crippen molar-refractivity contribution in [1.82, 2.24) is 4.90 Å². The van der Waals surface area contributed by atoms with Gasteiger partial charge in [-0.2, -0.15) is 0 Å². The van der Waals surface area contributed by atoms with Crippen LogP contribution in [-0.4, -0.2) is 53.1 Å². The van der Waals surface area contributed by atoms with Gasteiger partial charge in [0, 0.05) is 12.0 Å². The number of fused-ring (bicyclic) bond motifs is 3. The monoisotopic (exact) mass is 468 g/mol. The lowest BCUT2D eigenvalue weighted by Crippen LogP contribution is -2.57. The van der Waals surface area contributed by atoms with Crippen molar-refractivity contribution in [3.05, 3.63) is 65.7 Å². The number of anilines is 1. The van der Waals surface area contributed by atoms with Crippen LogP contribution in [0.1, 0.15) is 38.3 Å². The Morgan fingerprint density at radius 2 is 1.68 bits per heavy atom. The van der Waals surface area contributed by atoms with Gasteiger partial charge in [0.05, 0.1) is 12.8 Å². The predicted molar refractivity (Wildman–Crippen MR) is 122 cm³/mol. The van der Waals surface area contributed by atoms with Crippen molar-refractivity contribution in [1.29, 1.82) is 0 Å². The van der Waals surface area contributed by atoms with E-state index in [2.05, 4.69) is 0 Å². The summed E-state index contributed by atoms with van der Waals surface area (Å²) in [6.07, 6.45) is -3.04. The number of hydrogen-bond donors (Lipinski definition) is 1. The first-order valence-electron chi connectivity index (χ1n) is 11.0. The number of ether oxygens (including phenoxy) is 3. The number of carbonyl (C=O) groups excluding carboxylic acids is 3. The zero-order valence-electron chi connectivity index (χ0n) is 19.6. The van der Waals surface area contributed by atoms with Gasteiger partial charge in [0.2, 0.25) is 0 Å². The number of nitrogens with zero attached hydrogens (tertiary/aromatic N) is 2. The first-order valence-corrected chi connectivity index (χ1v) is 11.0. The fraction of sp³-hybridized carbons (Fsp3) is 0.400. The van der Waals surface area contributed by atoms with E-state index in [4.69, 9.17) is 14.2 Å². The molecule has 3 atom stereocenters. The van der Waals surface area contributed by atoms with E-state index in [9.17, 15) is 19.5 Å². The van der Waals surface area contributed by atoms with Crippen molar-refractivity contribution >= 4 is 23.8 Å². The lowest BCUT2D eigenvalue weighted by atomic mass is 9.91. The number of benzene rings is 2. The molecule has 34 heavy (non-hydrogen) atoms. The quantitative estimate of drug-likeness (QED) is 0.543. The maximum atomic E-state index is 13.3. The molecule has 1 fully saturated rings. The molecular weight excluding hydrogens is 440 g/mol. The van der Waals surface area contributed by atoms with Crippen molar-refractivity contribution < 1.29 is 33.7 Å². The number of methoxy groups -OCH3 is 1. The fourth-order valence-electron chi connectivity index (χ4n) is 4.53.